The zero-order valence-electron chi connectivity index (χ0n) is 21.0. The molecule has 0 radical (unpaired) electrons. The average Bonchev–Trinajstić information content (AvgIpc) is 3.32. The number of anilines is 1. The lowest BCUT2D eigenvalue weighted by Crippen LogP contribution is -2.34. The number of fused-ring (bicyclic) bond motifs is 1. The minimum atomic E-state index is -0.432. The number of allylic oxidation sites excluding steroid dienone is 1. The third kappa shape index (κ3) is 5.11. The average molecular weight is 508 g/mol. The van der Waals surface area contributed by atoms with Crippen molar-refractivity contribution in [1.29, 1.82) is 0 Å². The van der Waals surface area contributed by atoms with Gasteiger partial charge >= 0.3 is 5.97 Å². The first-order valence-corrected chi connectivity index (χ1v) is 12.5. The van der Waals surface area contributed by atoms with Gasteiger partial charge < -0.3 is 24.4 Å². The van der Waals surface area contributed by atoms with Crippen LogP contribution in [0.4, 0.5) is 5.69 Å². The van der Waals surface area contributed by atoms with Crippen molar-refractivity contribution in [1.82, 2.24) is 4.90 Å². The number of hydrogen-bond donors (Lipinski definition) is 1. The molecule has 0 unspecified atom stereocenters. The topological polar surface area (TPSA) is 89.5 Å². The number of amidine groups is 1. The number of carbonyl (C=O) groups excluding carboxylic acids is 2. The van der Waals surface area contributed by atoms with Gasteiger partial charge in [0.25, 0.3) is 5.91 Å². The first-order chi connectivity index (χ1) is 17.3. The second-order valence-corrected chi connectivity index (χ2v) is 9.21. The molecule has 2 aliphatic rings. The predicted molar refractivity (Wildman–Crippen MR) is 141 cm³/mol. The normalized spacial score (nSPS) is 16.4. The van der Waals surface area contributed by atoms with Gasteiger partial charge in [-0.3, -0.25) is 4.79 Å². The van der Waals surface area contributed by atoms with E-state index in [-0.39, 0.29) is 19.1 Å². The molecule has 1 N–H and O–H groups in total. The van der Waals surface area contributed by atoms with Crippen LogP contribution in [0.5, 0.6) is 11.5 Å². The van der Waals surface area contributed by atoms with Gasteiger partial charge in [-0.05, 0) is 61.9 Å². The molecule has 4 rings (SSSR count). The number of rotatable bonds is 8. The SMILES string of the molecule is CCOC(=O)C1=C(C)N=C2SC=CN2[C@@H]1c1ccc(OCC(=O)Nc2c(C)cccc2C)c(OC)c1. The quantitative estimate of drug-likeness (QED) is 0.498. The summed E-state index contributed by atoms with van der Waals surface area (Å²) < 4.78 is 16.7. The Morgan fingerprint density at radius 1 is 1.11 bits per heavy atom. The number of amides is 1. The van der Waals surface area contributed by atoms with Crippen molar-refractivity contribution < 1.29 is 23.8 Å². The van der Waals surface area contributed by atoms with Crippen LogP contribution in [-0.4, -0.2) is 42.3 Å². The Balaban J connectivity index is 1.56. The molecule has 0 saturated heterocycles. The number of para-hydroxylation sites is 1. The molecule has 2 heterocycles. The summed E-state index contributed by atoms with van der Waals surface area (Å²) in [5, 5.41) is 5.63. The summed E-state index contributed by atoms with van der Waals surface area (Å²) in [5.41, 5.74) is 4.64. The Morgan fingerprint density at radius 2 is 1.86 bits per heavy atom. The number of aryl methyl sites for hydroxylation is 2. The first kappa shape index (κ1) is 25.4. The molecule has 0 spiro atoms. The van der Waals surface area contributed by atoms with Crippen LogP contribution in [-0.2, 0) is 14.3 Å². The fourth-order valence-corrected chi connectivity index (χ4v) is 4.99. The number of thioether (sulfide) groups is 1. The second kappa shape index (κ2) is 10.9. The Labute approximate surface area is 215 Å². The molecule has 0 aliphatic carbocycles. The van der Waals surface area contributed by atoms with Crippen molar-refractivity contribution in [3.8, 4) is 11.5 Å². The van der Waals surface area contributed by atoms with Crippen LogP contribution in [0.3, 0.4) is 0 Å². The summed E-state index contributed by atoms with van der Waals surface area (Å²) >= 11 is 1.49. The molecule has 0 aromatic heterocycles. The Bertz CT molecular complexity index is 1260. The highest BCUT2D eigenvalue weighted by Crippen LogP contribution is 2.43. The van der Waals surface area contributed by atoms with Crippen LogP contribution in [0.15, 0.2) is 64.3 Å². The van der Waals surface area contributed by atoms with E-state index in [4.69, 9.17) is 14.2 Å². The monoisotopic (exact) mass is 507 g/mol. The van der Waals surface area contributed by atoms with Crippen LogP contribution >= 0.6 is 11.8 Å². The molecule has 0 bridgehead atoms. The number of methoxy groups -OCH3 is 1. The summed E-state index contributed by atoms with van der Waals surface area (Å²) in [6.07, 6.45) is 1.90. The smallest absolute Gasteiger partial charge is 0.338 e. The molecule has 0 saturated carbocycles. The zero-order chi connectivity index (χ0) is 25.8. The van der Waals surface area contributed by atoms with Gasteiger partial charge in [-0.25, -0.2) is 9.79 Å². The molecule has 1 atom stereocenters. The third-order valence-electron chi connectivity index (χ3n) is 5.92. The molecule has 2 aromatic rings. The maximum atomic E-state index is 12.9. The molecule has 188 valence electrons. The Kier molecular flexibility index (Phi) is 7.69. The molecule has 2 aromatic carbocycles. The number of hydrogen-bond acceptors (Lipinski definition) is 8. The van der Waals surface area contributed by atoms with E-state index in [0.717, 1.165) is 27.5 Å². The van der Waals surface area contributed by atoms with Crippen molar-refractivity contribution in [2.45, 2.75) is 33.7 Å². The summed E-state index contributed by atoms with van der Waals surface area (Å²) in [7, 11) is 1.54. The molecular formula is C27H29N3O5S. The molecule has 36 heavy (non-hydrogen) atoms. The van der Waals surface area contributed by atoms with E-state index in [9.17, 15) is 9.59 Å². The highest BCUT2D eigenvalue weighted by Gasteiger charge is 2.37. The highest BCUT2D eigenvalue weighted by atomic mass is 32.2. The summed E-state index contributed by atoms with van der Waals surface area (Å²) in [6, 6.07) is 10.8. The fourth-order valence-electron chi connectivity index (χ4n) is 4.20. The Hall–Kier alpha value is -3.72. The van der Waals surface area contributed by atoms with Crippen molar-refractivity contribution in [3.05, 3.63) is 76.0 Å². The lowest BCUT2D eigenvalue weighted by Gasteiger charge is -2.33. The molecular weight excluding hydrogens is 478 g/mol. The number of ether oxygens (including phenoxy) is 3. The van der Waals surface area contributed by atoms with Crippen molar-refractivity contribution in [2.24, 2.45) is 4.99 Å². The van der Waals surface area contributed by atoms with Gasteiger partial charge in [0, 0.05) is 11.9 Å². The van der Waals surface area contributed by atoms with Crippen molar-refractivity contribution in [2.75, 3.05) is 25.6 Å². The van der Waals surface area contributed by atoms with E-state index in [0.29, 0.717) is 22.8 Å². The van der Waals surface area contributed by atoms with E-state index in [1.807, 2.05) is 67.6 Å². The van der Waals surface area contributed by atoms with Crippen LogP contribution in [0.1, 0.15) is 36.6 Å². The van der Waals surface area contributed by atoms with Gasteiger partial charge in [0.15, 0.2) is 23.3 Å². The number of nitrogens with zero attached hydrogens (tertiary/aromatic N) is 2. The van der Waals surface area contributed by atoms with Gasteiger partial charge in [-0.15, -0.1) is 0 Å². The molecule has 9 heteroatoms. The van der Waals surface area contributed by atoms with Gasteiger partial charge in [0.2, 0.25) is 0 Å². The number of aliphatic imine (C=N–C) groups is 1. The van der Waals surface area contributed by atoms with Crippen molar-refractivity contribution in [3.63, 3.8) is 0 Å². The first-order valence-electron chi connectivity index (χ1n) is 11.6. The summed E-state index contributed by atoms with van der Waals surface area (Å²) in [5.74, 6) is 0.199. The van der Waals surface area contributed by atoms with Gasteiger partial charge in [0.05, 0.1) is 31.0 Å². The standard InChI is InChI=1S/C27H29N3O5S/c1-6-34-26(32)23-18(4)28-27-30(12-13-36-27)25(23)19-10-11-20(21(14-19)33-5)35-15-22(31)29-24-16(2)8-7-9-17(24)3/h7-14,25H,6,15H2,1-5H3,(H,29,31)/t25-/m1/s1. The van der Waals surface area contributed by atoms with E-state index in [2.05, 4.69) is 10.3 Å². The lowest BCUT2D eigenvalue weighted by atomic mass is 9.94. The van der Waals surface area contributed by atoms with Gasteiger partial charge in [-0.2, -0.15) is 0 Å². The van der Waals surface area contributed by atoms with Gasteiger partial charge in [0.1, 0.15) is 0 Å². The molecule has 2 aliphatic heterocycles. The summed E-state index contributed by atoms with van der Waals surface area (Å²) in [6.45, 7) is 7.57. The van der Waals surface area contributed by atoms with Crippen LogP contribution < -0.4 is 14.8 Å². The van der Waals surface area contributed by atoms with E-state index < -0.39 is 12.0 Å². The minimum absolute atomic E-state index is 0.178. The van der Waals surface area contributed by atoms with E-state index in [1.165, 1.54) is 18.9 Å². The van der Waals surface area contributed by atoms with Gasteiger partial charge in [-0.1, -0.05) is 36.0 Å². The molecule has 1 amide bonds. The Morgan fingerprint density at radius 3 is 2.56 bits per heavy atom. The molecule has 8 nitrogen and oxygen atoms in total. The highest BCUT2D eigenvalue weighted by molar-refractivity contribution is 8.16. The van der Waals surface area contributed by atoms with Crippen molar-refractivity contribution >= 4 is 34.5 Å². The second-order valence-electron chi connectivity index (χ2n) is 8.34. The van der Waals surface area contributed by atoms with Crippen LogP contribution in [0.2, 0.25) is 0 Å². The number of carbonyl (C=O) groups is 2. The fraction of sp³-hybridized carbons (Fsp3) is 0.296. The van der Waals surface area contributed by atoms with E-state index >= 15 is 0 Å². The number of nitrogens with one attached hydrogen (secondary N) is 1. The zero-order valence-corrected chi connectivity index (χ0v) is 21.8. The predicted octanol–water partition coefficient (Wildman–Crippen LogP) is 5.10. The van der Waals surface area contributed by atoms with Crippen LogP contribution in [0.25, 0.3) is 0 Å². The maximum absolute atomic E-state index is 12.9. The lowest BCUT2D eigenvalue weighted by molar-refractivity contribution is -0.139. The third-order valence-corrected chi connectivity index (χ3v) is 6.69. The summed E-state index contributed by atoms with van der Waals surface area (Å²) in [4.78, 5) is 32.0. The maximum Gasteiger partial charge on any atom is 0.338 e. The largest absolute Gasteiger partial charge is 0.493 e. The van der Waals surface area contributed by atoms with Crippen LogP contribution in [0, 0.1) is 13.8 Å². The minimum Gasteiger partial charge on any atom is -0.493 e. The van der Waals surface area contributed by atoms with E-state index in [1.54, 1.807) is 13.0 Å². The molecule has 0 fully saturated rings. The number of benzene rings is 2. The number of esters is 1.